The lowest BCUT2D eigenvalue weighted by Crippen LogP contribution is -2.35. The Bertz CT molecular complexity index is 851. The number of methoxy groups -OCH3 is 2. The first-order valence-corrected chi connectivity index (χ1v) is 8.83. The third-order valence-electron chi connectivity index (χ3n) is 3.66. The summed E-state index contributed by atoms with van der Waals surface area (Å²) in [4.78, 5) is 23.9. The zero-order valence-corrected chi connectivity index (χ0v) is 16.8. The van der Waals surface area contributed by atoms with Crippen LogP contribution in [0.25, 0.3) is 0 Å². The summed E-state index contributed by atoms with van der Waals surface area (Å²) in [5.74, 6) is 0.457. The predicted molar refractivity (Wildman–Crippen MR) is 106 cm³/mol. The van der Waals surface area contributed by atoms with Crippen molar-refractivity contribution >= 4 is 33.5 Å². The number of hydrogen-bond donors (Lipinski definition) is 2. The molecule has 0 aliphatic carbocycles. The van der Waals surface area contributed by atoms with Crippen LogP contribution in [0.5, 0.6) is 11.5 Å². The van der Waals surface area contributed by atoms with Crippen molar-refractivity contribution in [3.63, 3.8) is 0 Å². The average molecular weight is 434 g/mol. The number of amides is 2. The van der Waals surface area contributed by atoms with Gasteiger partial charge in [-0.15, -0.1) is 0 Å². The van der Waals surface area contributed by atoms with Gasteiger partial charge in [0.05, 0.1) is 26.5 Å². The Morgan fingerprint density at radius 2 is 1.78 bits per heavy atom. The van der Waals surface area contributed by atoms with Gasteiger partial charge in [-0.1, -0.05) is 15.9 Å². The molecule has 0 aliphatic heterocycles. The summed E-state index contributed by atoms with van der Waals surface area (Å²) in [6.07, 6.45) is 0. The van der Waals surface area contributed by atoms with Crippen molar-refractivity contribution in [1.82, 2.24) is 10.7 Å². The molecule has 0 saturated heterocycles. The third-order valence-corrected chi connectivity index (χ3v) is 4.19. The molecule has 0 spiro atoms. The van der Waals surface area contributed by atoms with Gasteiger partial charge in [-0.2, -0.15) is 5.10 Å². The zero-order valence-electron chi connectivity index (χ0n) is 15.2. The fourth-order valence-electron chi connectivity index (χ4n) is 2.21. The molecule has 2 amide bonds. The summed E-state index contributed by atoms with van der Waals surface area (Å²) in [5, 5.41) is 6.60. The van der Waals surface area contributed by atoms with Crippen LogP contribution in [0.15, 0.2) is 52.0 Å². The van der Waals surface area contributed by atoms with E-state index in [0.29, 0.717) is 22.8 Å². The molecule has 2 aromatic carbocycles. The second kappa shape index (κ2) is 9.72. The second-order valence-electron chi connectivity index (χ2n) is 5.49. The molecule has 0 atom stereocenters. The first kappa shape index (κ1) is 20.4. The molecular weight excluding hydrogens is 414 g/mol. The number of benzene rings is 2. The predicted octanol–water partition coefficient (Wildman–Crippen LogP) is 2.74. The number of halogens is 1. The normalized spacial score (nSPS) is 10.9. The molecule has 2 rings (SSSR count). The summed E-state index contributed by atoms with van der Waals surface area (Å²) in [5.41, 5.74) is 4.16. The fraction of sp³-hybridized carbons (Fsp3) is 0.211. The highest BCUT2D eigenvalue weighted by Crippen LogP contribution is 2.25. The molecular formula is C19H20BrN3O4. The van der Waals surface area contributed by atoms with Crippen LogP contribution in [-0.4, -0.2) is 38.3 Å². The Kier molecular flexibility index (Phi) is 7.36. The largest absolute Gasteiger partial charge is 0.497 e. The van der Waals surface area contributed by atoms with Crippen LogP contribution in [0, 0.1) is 0 Å². The van der Waals surface area contributed by atoms with Gasteiger partial charge < -0.3 is 14.8 Å². The van der Waals surface area contributed by atoms with Crippen LogP contribution in [0.4, 0.5) is 0 Å². The van der Waals surface area contributed by atoms with Crippen LogP contribution < -0.4 is 20.2 Å². The molecule has 2 aromatic rings. The van der Waals surface area contributed by atoms with Gasteiger partial charge in [0.2, 0.25) is 0 Å². The molecule has 0 heterocycles. The van der Waals surface area contributed by atoms with Gasteiger partial charge in [-0.25, -0.2) is 5.43 Å². The van der Waals surface area contributed by atoms with Crippen LogP contribution >= 0.6 is 15.9 Å². The van der Waals surface area contributed by atoms with E-state index in [-0.39, 0.29) is 12.5 Å². The highest BCUT2D eigenvalue weighted by molar-refractivity contribution is 9.10. The van der Waals surface area contributed by atoms with Crippen molar-refractivity contribution in [2.24, 2.45) is 5.10 Å². The molecule has 0 radical (unpaired) electrons. The average Bonchev–Trinajstić information content (AvgIpc) is 2.70. The van der Waals surface area contributed by atoms with Crippen LogP contribution in [0.2, 0.25) is 0 Å². The summed E-state index contributed by atoms with van der Waals surface area (Å²) < 4.78 is 11.3. The number of carbonyl (C=O) groups is 2. The van der Waals surface area contributed by atoms with Crippen molar-refractivity contribution < 1.29 is 19.1 Å². The molecule has 0 bridgehead atoms. The molecule has 0 unspecified atom stereocenters. The highest BCUT2D eigenvalue weighted by atomic mass is 79.9. The van der Waals surface area contributed by atoms with Crippen LogP contribution in [0.1, 0.15) is 22.8 Å². The maximum absolute atomic E-state index is 12.0. The second-order valence-corrected chi connectivity index (χ2v) is 6.40. The van der Waals surface area contributed by atoms with Gasteiger partial charge in [-0.05, 0) is 43.3 Å². The molecule has 7 nitrogen and oxygen atoms in total. The molecule has 0 aliphatic rings. The van der Waals surface area contributed by atoms with Gasteiger partial charge in [-0.3, -0.25) is 9.59 Å². The van der Waals surface area contributed by atoms with Crippen LogP contribution in [-0.2, 0) is 4.79 Å². The first-order chi connectivity index (χ1) is 12.9. The zero-order chi connectivity index (χ0) is 19.8. The Hall–Kier alpha value is -2.87. The van der Waals surface area contributed by atoms with E-state index in [2.05, 4.69) is 31.8 Å². The molecule has 0 fully saturated rings. The Balaban J connectivity index is 1.93. The number of nitrogens with one attached hydrogen (secondary N) is 2. The number of hydrazone groups is 1. The monoisotopic (exact) mass is 433 g/mol. The van der Waals surface area contributed by atoms with E-state index in [1.807, 2.05) is 0 Å². The van der Waals surface area contributed by atoms with E-state index in [4.69, 9.17) is 9.47 Å². The minimum absolute atomic E-state index is 0.189. The summed E-state index contributed by atoms with van der Waals surface area (Å²) >= 11 is 3.30. The lowest BCUT2D eigenvalue weighted by atomic mass is 10.1. The van der Waals surface area contributed by atoms with Gasteiger partial charge in [0, 0.05) is 21.7 Å². The van der Waals surface area contributed by atoms with E-state index in [1.165, 1.54) is 0 Å². The molecule has 142 valence electrons. The van der Waals surface area contributed by atoms with E-state index in [0.717, 1.165) is 10.0 Å². The maximum atomic E-state index is 12.0. The SMILES string of the molecule is COc1ccc(/C(C)=N/NC(=O)CNC(=O)c2ccc(Br)cc2)c(OC)c1. The van der Waals surface area contributed by atoms with E-state index in [9.17, 15) is 9.59 Å². The molecule has 27 heavy (non-hydrogen) atoms. The summed E-state index contributed by atoms with van der Waals surface area (Å²) in [6, 6.07) is 12.1. The molecule has 0 aromatic heterocycles. The molecule has 2 N–H and O–H groups in total. The lowest BCUT2D eigenvalue weighted by Gasteiger charge is -2.10. The summed E-state index contributed by atoms with van der Waals surface area (Å²) in [7, 11) is 3.11. The fourth-order valence-corrected chi connectivity index (χ4v) is 2.47. The topological polar surface area (TPSA) is 89.0 Å². The van der Waals surface area contributed by atoms with Gasteiger partial charge >= 0.3 is 0 Å². The van der Waals surface area contributed by atoms with Crippen molar-refractivity contribution in [3.8, 4) is 11.5 Å². The smallest absolute Gasteiger partial charge is 0.259 e. The van der Waals surface area contributed by atoms with E-state index >= 15 is 0 Å². The minimum atomic E-state index is -0.438. The van der Waals surface area contributed by atoms with Crippen molar-refractivity contribution in [3.05, 3.63) is 58.1 Å². The number of hydrogen-bond acceptors (Lipinski definition) is 5. The standard InChI is InChI=1S/C19H20BrN3O4/c1-12(16-9-8-15(26-2)10-17(16)27-3)22-23-18(24)11-21-19(25)13-4-6-14(20)7-5-13/h4-10H,11H2,1-3H3,(H,21,25)(H,23,24)/b22-12+. The van der Waals surface area contributed by atoms with Crippen molar-refractivity contribution in [1.29, 1.82) is 0 Å². The first-order valence-electron chi connectivity index (χ1n) is 8.04. The number of carbonyl (C=O) groups excluding carboxylic acids is 2. The van der Waals surface area contributed by atoms with Crippen LogP contribution in [0.3, 0.4) is 0 Å². The lowest BCUT2D eigenvalue weighted by molar-refractivity contribution is -0.120. The Morgan fingerprint density at radius 3 is 2.41 bits per heavy atom. The van der Waals surface area contributed by atoms with Gasteiger partial charge in [0.1, 0.15) is 11.5 Å². The van der Waals surface area contributed by atoms with Gasteiger partial charge in [0.15, 0.2) is 0 Å². The van der Waals surface area contributed by atoms with E-state index in [1.54, 1.807) is 63.6 Å². The molecule has 8 heteroatoms. The number of nitrogens with zero attached hydrogens (tertiary/aromatic N) is 1. The third kappa shape index (κ3) is 5.82. The van der Waals surface area contributed by atoms with Crippen molar-refractivity contribution in [2.75, 3.05) is 20.8 Å². The molecule has 0 saturated carbocycles. The number of ether oxygens (including phenoxy) is 2. The quantitative estimate of drug-likeness (QED) is 0.518. The van der Waals surface area contributed by atoms with E-state index < -0.39 is 5.91 Å². The Labute approximate surface area is 165 Å². The highest BCUT2D eigenvalue weighted by Gasteiger charge is 2.10. The van der Waals surface area contributed by atoms with Crippen molar-refractivity contribution in [2.45, 2.75) is 6.92 Å². The number of rotatable bonds is 7. The Morgan fingerprint density at radius 1 is 1.07 bits per heavy atom. The van der Waals surface area contributed by atoms with Gasteiger partial charge in [0.25, 0.3) is 11.8 Å². The maximum Gasteiger partial charge on any atom is 0.259 e. The minimum Gasteiger partial charge on any atom is -0.497 e. The summed E-state index contributed by atoms with van der Waals surface area (Å²) in [6.45, 7) is 1.55.